The van der Waals surface area contributed by atoms with Crippen molar-refractivity contribution >= 4 is 24.3 Å². The Labute approximate surface area is 364 Å². The third-order valence-electron chi connectivity index (χ3n) is 15.1. The number of aliphatic imine (C=N–C) groups is 4. The van der Waals surface area contributed by atoms with Crippen LogP contribution in [-0.4, -0.2) is 55.6 Å². The van der Waals surface area contributed by atoms with Gasteiger partial charge in [-0.2, -0.15) is 5.26 Å². The minimum atomic E-state index is -0.0781. The van der Waals surface area contributed by atoms with Crippen molar-refractivity contribution in [1.29, 1.82) is 5.26 Å². The van der Waals surface area contributed by atoms with Gasteiger partial charge in [0, 0.05) is 5.92 Å². The molecule has 4 fully saturated rings. The molecule has 0 aromatic rings. The van der Waals surface area contributed by atoms with Gasteiger partial charge in [0.2, 0.25) is 24.3 Å². The van der Waals surface area contributed by atoms with Crippen molar-refractivity contribution in [3.63, 3.8) is 0 Å². The second-order valence-electron chi connectivity index (χ2n) is 19.3. The summed E-state index contributed by atoms with van der Waals surface area (Å²) in [6.07, 6.45) is 25.7. The minimum Gasteiger partial charge on any atom is -0.424 e. The molecule has 0 N–H and O–H groups in total. The molecule has 0 amide bonds. The van der Waals surface area contributed by atoms with Gasteiger partial charge in [0.25, 0.3) is 6.26 Å². The average molecular weight is 832 g/mol. The van der Waals surface area contributed by atoms with Crippen molar-refractivity contribution in [3.8, 4) is 6.26 Å². The van der Waals surface area contributed by atoms with Gasteiger partial charge in [0.1, 0.15) is 6.10 Å². The van der Waals surface area contributed by atoms with E-state index in [1.807, 2.05) is 13.2 Å². The van der Waals surface area contributed by atoms with Gasteiger partial charge in [0.05, 0.1) is 25.2 Å². The van der Waals surface area contributed by atoms with Crippen molar-refractivity contribution in [2.24, 2.45) is 84.6 Å². The van der Waals surface area contributed by atoms with Crippen LogP contribution in [0, 0.1) is 76.1 Å². The molecule has 10 nitrogen and oxygen atoms in total. The third kappa shape index (κ3) is 18.9. The first kappa shape index (κ1) is 54.3. The van der Waals surface area contributed by atoms with Crippen LogP contribution in [0.2, 0.25) is 0 Å². The van der Waals surface area contributed by atoms with Gasteiger partial charge in [-0.15, -0.1) is 0 Å². The van der Waals surface area contributed by atoms with Gasteiger partial charge in [-0.1, -0.05) is 99.0 Å². The highest BCUT2D eigenvalue weighted by Gasteiger charge is 2.38. The largest absolute Gasteiger partial charge is 0.424 e. The first-order valence-electron chi connectivity index (χ1n) is 23.1. The quantitative estimate of drug-likeness (QED) is 0.0735. The van der Waals surface area contributed by atoms with Crippen LogP contribution in [-0.2, 0) is 23.9 Å². The topological polar surface area (TPSA) is 151 Å². The number of isocyanates is 4. The summed E-state index contributed by atoms with van der Waals surface area (Å²) in [4.78, 5) is 56.0. The maximum Gasteiger partial charge on any atom is 0.286 e. The van der Waals surface area contributed by atoms with E-state index in [-0.39, 0.29) is 29.5 Å². The van der Waals surface area contributed by atoms with Crippen molar-refractivity contribution < 1.29 is 23.9 Å². The maximum absolute atomic E-state index is 10.5. The Morgan fingerprint density at radius 3 is 1.87 bits per heavy atom. The second-order valence-corrected chi connectivity index (χ2v) is 19.3. The number of rotatable bonds is 14. The molecule has 4 aliphatic rings. The molecule has 0 aromatic carbocycles. The van der Waals surface area contributed by atoms with Crippen molar-refractivity contribution in [3.05, 3.63) is 24.3 Å². The Balaban J connectivity index is 0.000000401. The molecule has 0 aliphatic heterocycles. The van der Waals surface area contributed by atoms with Crippen LogP contribution in [0.1, 0.15) is 166 Å². The van der Waals surface area contributed by atoms with Gasteiger partial charge in [-0.25, -0.2) is 39.1 Å². The summed E-state index contributed by atoms with van der Waals surface area (Å²) in [5.41, 5.74) is 2.20. The number of allylic oxidation sites excluding steroid dienone is 1. The fourth-order valence-electron chi connectivity index (χ4n) is 10.1. The van der Waals surface area contributed by atoms with Crippen molar-refractivity contribution in [1.82, 2.24) is 0 Å². The summed E-state index contributed by atoms with van der Waals surface area (Å²) in [6.45, 7) is 31.0. The van der Waals surface area contributed by atoms with Gasteiger partial charge < -0.3 is 4.74 Å². The van der Waals surface area contributed by atoms with Gasteiger partial charge in [0.15, 0.2) is 0 Å². The van der Waals surface area contributed by atoms with Crippen LogP contribution in [0.25, 0.3) is 0 Å². The van der Waals surface area contributed by atoms with Crippen molar-refractivity contribution in [2.45, 2.75) is 184 Å². The number of ether oxygens (including phenoxy) is 1. The summed E-state index contributed by atoms with van der Waals surface area (Å²) in [5.74, 6) is 6.46. The molecule has 4 aliphatic carbocycles. The standard InChI is InChI=1S/C13H18N2O2.C13H21NO.2C12H21NO/c1-10(2)11-4-5-13(3,7-14-8-16)6-12(11)15-9-17;1-5-11-6-12(9(2)3)7-13(10(11)4)15-8-14;1-4-9(2)11-6-5-10(3)12(7-11)13-8-14;1-3-10(2)12-6-4-11(5-7-12)8-13-9-14/h11-12H,1,4-7H2,2-3H3;10-13H,2,5-7H2,1,3-4H3;9-12H,4-7H2,1-3H3;10-12H,3-8H2,1-2H3. The molecule has 12 unspecified atom stereocenters. The number of nitrogens with zero attached hydrogens (tertiary/aromatic N) is 5. The Hall–Kier alpha value is -3.71. The SMILES string of the molecule is C=C(C)C1CC(CC)C(C)C(OC#N)C1.C=C(C)C1CCC(C)(CN=C=O)CC1N=C=O.CCC(C)C1CCC(C)C(N=C=O)C1.CCC(C)C1CCC(CN=C=O)CC1. The van der Waals surface area contributed by atoms with E-state index in [9.17, 15) is 19.2 Å². The summed E-state index contributed by atoms with van der Waals surface area (Å²) >= 11 is 0. The van der Waals surface area contributed by atoms with E-state index >= 15 is 0 Å². The molecular formula is C50H81N5O5. The number of nitriles is 1. The van der Waals surface area contributed by atoms with E-state index in [4.69, 9.17) is 10.00 Å². The molecule has 4 rings (SSSR count). The lowest BCUT2D eigenvalue weighted by molar-refractivity contribution is 0.0190. The van der Waals surface area contributed by atoms with Crippen molar-refractivity contribution in [2.75, 3.05) is 13.1 Å². The van der Waals surface area contributed by atoms with E-state index < -0.39 is 0 Å². The normalized spacial score (nSPS) is 32.9. The summed E-state index contributed by atoms with van der Waals surface area (Å²) < 4.78 is 5.17. The zero-order chi connectivity index (χ0) is 45.3. The van der Waals surface area contributed by atoms with E-state index in [2.05, 4.69) is 95.4 Å². The molecule has 0 heterocycles. The van der Waals surface area contributed by atoms with E-state index in [1.165, 1.54) is 63.4 Å². The number of hydrogen-bond donors (Lipinski definition) is 0. The van der Waals surface area contributed by atoms with Crippen LogP contribution < -0.4 is 0 Å². The fourth-order valence-corrected chi connectivity index (χ4v) is 10.1. The summed E-state index contributed by atoms with van der Waals surface area (Å²) in [5, 5.41) is 8.63. The average Bonchev–Trinajstić information content (AvgIpc) is 3.24. The summed E-state index contributed by atoms with van der Waals surface area (Å²) in [7, 11) is 0. The molecule has 10 heteroatoms. The predicted molar refractivity (Wildman–Crippen MR) is 242 cm³/mol. The van der Waals surface area contributed by atoms with Gasteiger partial charge in [-0.05, 0) is 150 Å². The monoisotopic (exact) mass is 832 g/mol. The first-order chi connectivity index (χ1) is 28.6. The van der Waals surface area contributed by atoms with E-state index in [1.54, 1.807) is 24.3 Å². The summed E-state index contributed by atoms with van der Waals surface area (Å²) in [6, 6.07) is 0.158. The Kier molecular flexibility index (Phi) is 26.7. The highest BCUT2D eigenvalue weighted by Crippen LogP contribution is 2.43. The third-order valence-corrected chi connectivity index (χ3v) is 15.1. The zero-order valence-electron chi connectivity index (χ0n) is 39.2. The lowest BCUT2D eigenvalue weighted by Gasteiger charge is -2.39. The molecule has 0 aromatic heterocycles. The maximum atomic E-state index is 10.5. The zero-order valence-corrected chi connectivity index (χ0v) is 39.2. The highest BCUT2D eigenvalue weighted by atomic mass is 16.5. The van der Waals surface area contributed by atoms with Crippen LogP contribution in [0.15, 0.2) is 44.3 Å². The minimum absolute atomic E-state index is 0.0750. The molecule has 0 saturated heterocycles. The Bertz CT molecular complexity index is 1520. The fraction of sp³-hybridized carbons (Fsp3) is 0.820. The lowest BCUT2D eigenvalue weighted by Crippen LogP contribution is -2.36. The van der Waals surface area contributed by atoms with Crippen LogP contribution in [0.4, 0.5) is 0 Å². The number of carbonyl (C=O) groups excluding carboxylic acids is 4. The van der Waals surface area contributed by atoms with Gasteiger partial charge in [-0.3, -0.25) is 0 Å². The number of hydrogen-bond acceptors (Lipinski definition) is 10. The van der Waals surface area contributed by atoms with Crippen LogP contribution in [0.3, 0.4) is 0 Å². The van der Waals surface area contributed by atoms with E-state index in [0.717, 1.165) is 67.8 Å². The molecule has 12 atom stereocenters. The van der Waals surface area contributed by atoms with Crippen LogP contribution in [0.5, 0.6) is 0 Å². The lowest BCUT2D eigenvalue weighted by atomic mass is 9.68. The molecule has 0 bridgehead atoms. The molecule has 0 spiro atoms. The van der Waals surface area contributed by atoms with Crippen LogP contribution >= 0.6 is 0 Å². The molecule has 336 valence electrons. The first-order valence-corrected chi connectivity index (χ1v) is 23.1. The molecule has 60 heavy (non-hydrogen) atoms. The molecule has 4 saturated carbocycles. The van der Waals surface area contributed by atoms with E-state index in [0.29, 0.717) is 42.7 Å². The molecule has 0 radical (unpaired) electrons. The molecular weight excluding hydrogens is 751 g/mol. The predicted octanol–water partition coefficient (Wildman–Crippen LogP) is 12.3. The smallest absolute Gasteiger partial charge is 0.286 e. The Morgan fingerprint density at radius 1 is 0.767 bits per heavy atom. The Morgan fingerprint density at radius 2 is 1.35 bits per heavy atom. The second kappa shape index (κ2) is 29.5. The highest BCUT2D eigenvalue weighted by molar-refractivity contribution is 5.35. The van der Waals surface area contributed by atoms with Gasteiger partial charge >= 0.3 is 0 Å².